The van der Waals surface area contributed by atoms with Crippen LogP contribution in [0.4, 0.5) is 0 Å². The van der Waals surface area contributed by atoms with Crippen LogP contribution in [0.15, 0.2) is 42.7 Å². The Kier molecular flexibility index (Phi) is 4.56. The second kappa shape index (κ2) is 6.38. The van der Waals surface area contributed by atoms with Crippen molar-refractivity contribution < 1.29 is 4.74 Å². The number of rotatable bonds is 5. The molecular weight excluding hydrogens is 248 g/mol. The van der Waals surface area contributed by atoms with Gasteiger partial charge in [-0.3, -0.25) is 4.98 Å². The summed E-state index contributed by atoms with van der Waals surface area (Å²) in [4.78, 5) is 3.98. The van der Waals surface area contributed by atoms with E-state index in [-0.39, 0.29) is 0 Å². The van der Waals surface area contributed by atoms with Gasteiger partial charge in [-0.2, -0.15) is 0 Å². The minimum Gasteiger partial charge on any atom is -0.495 e. The SMILES string of the molecule is COc1ccc(CNCc2ccncc2)cc1Cl. The molecule has 0 fully saturated rings. The standard InChI is InChI=1S/C14H15ClN2O/c1-18-14-3-2-12(8-13(14)15)10-17-9-11-4-6-16-7-5-11/h2-8,17H,9-10H2,1H3. The molecule has 1 heterocycles. The number of benzene rings is 1. The molecule has 0 bridgehead atoms. The van der Waals surface area contributed by atoms with Crippen molar-refractivity contribution in [3.63, 3.8) is 0 Å². The van der Waals surface area contributed by atoms with E-state index in [0.717, 1.165) is 18.7 Å². The summed E-state index contributed by atoms with van der Waals surface area (Å²) in [6.07, 6.45) is 3.59. The molecule has 1 aromatic heterocycles. The Morgan fingerprint density at radius 3 is 2.50 bits per heavy atom. The molecule has 2 rings (SSSR count). The highest BCUT2D eigenvalue weighted by molar-refractivity contribution is 6.32. The molecule has 1 N–H and O–H groups in total. The molecule has 94 valence electrons. The monoisotopic (exact) mass is 262 g/mol. The Labute approximate surface area is 112 Å². The first-order valence-corrected chi connectivity index (χ1v) is 6.09. The number of pyridine rings is 1. The van der Waals surface area contributed by atoms with E-state index in [1.54, 1.807) is 19.5 Å². The van der Waals surface area contributed by atoms with Gasteiger partial charge in [0.15, 0.2) is 0 Å². The number of ether oxygens (including phenoxy) is 1. The van der Waals surface area contributed by atoms with E-state index in [0.29, 0.717) is 10.8 Å². The van der Waals surface area contributed by atoms with E-state index >= 15 is 0 Å². The summed E-state index contributed by atoms with van der Waals surface area (Å²) < 4.78 is 5.11. The molecule has 1 aromatic carbocycles. The van der Waals surface area contributed by atoms with Crippen LogP contribution < -0.4 is 10.1 Å². The minimum atomic E-state index is 0.640. The lowest BCUT2D eigenvalue weighted by Crippen LogP contribution is -2.12. The average Bonchev–Trinajstić information content (AvgIpc) is 2.40. The van der Waals surface area contributed by atoms with Gasteiger partial charge in [0.25, 0.3) is 0 Å². The van der Waals surface area contributed by atoms with Crippen LogP contribution in [0.25, 0.3) is 0 Å². The van der Waals surface area contributed by atoms with Crippen molar-refractivity contribution >= 4 is 11.6 Å². The molecule has 3 nitrogen and oxygen atoms in total. The number of hydrogen-bond acceptors (Lipinski definition) is 3. The maximum atomic E-state index is 6.06. The first-order valence-electron chi connectivity index (χ1n) is 5.71. The number of methoxy groups -OCH3 is 1. The van der Waals surface area contributed by atoms with Gasteiger partial charge in [0.1, 0.15) is 5.75 Å². The largest absolute Gasteiger partial charge is 0.495 e. The van der Waals surface area contributed by atoms with Gasteiger partial charge in [-0.1, -0.05) is 17.7 Å². The maximum Gasteiger partial charge on any atom is 0.137 e. The maximum absolute atomic E-state index is 6.06. The third-order valence-electron chi connectivity index (χ3n) is 2.62. The third-order valence-corrected chi connectivity index (χ3v) is 2.92. The van der Waals surface area contributed by atoms with Gasteiger partial charge in [0, 0.05) is 25.5 Å². The van der Waals surface area contributed by atoms with Gasteiger partial charge < -0.3 is 10.1 Å². The predicted octanol–water partition coefficient (Wildman–Crippen LogP) is 3.03. The number of nitrogens with one attached hydrogen (secondary N) is 1. The van der Waals surface area contributed by atoms with Crippen molar-refractivity contribution in [2.45, 2.75) is 13.1 Å². The topological polar surface area (TPSA) is 34.1 Å². The highest BCUT2D eigenvalue weighted by Gasteiger charge is 2.01. The molecule has 0 saturated carbocycles. The molecule has 0 aliphatic rings. The zero-order chi connectivity index (χ0) is 12.8. The van der Waals surface area contributed by atoms with Crippen LogP contribution in [0, 0.1) is 0 Å². The normalized spacial score (nSPS) is 10.3. The van der Waals surface area contributed by atoms with Crippen molar-refractivity contribution in [3.05, 3.63) is 58.9 Å². The summed E-state index contributed by atoms with van der Waals surface area (Å²) in [6, 6.07) is 9.79. The highest BCUT2D eigenvalue weighted by atomic mass is 35.5. The number of halogens is 1. The summed E-state index contributed by atoms with van der Waals surface area (Å²) >= 11 is 6.06. The van der Waals surface area contributed by atoms with E-state index < -0.39 is 0 Å². The first kappa shape index (κ1) is 12.9. The summed E-state index contributed by atoms with van der Waals surface area (Å²) in [5.74, 6) is 0.703. The van der Waals surface area contributed by atoms with Crippen molar-refractivity contribution in [1.29, 1.82) is 0 Å². The highest BCUT2D eigenvalue weighted by Crippen LogP contribution is 2.24. The molecule has 0 radical (unpaired) electrons. The van der Waals surface area contributed by atoms with Crippen molar-refractivity contribution in [2.75, 3.05) is 7.11 Å². The summed E-state index contributed by atoms with van der Waals surface area (Å²) in [6.45, 7) is 1.58. The van der Waals surface area contributed by atoms with Crippen molar-refractivity contribution in [2.24, 2.45) is 0 Å². The van der Waals surface area contributed by atoms with Crippen LogP contribution in [0.1, 0.15) is 11.1 Å². The molecule has 0 amide bonds. The zero-order valence-electron chi connectivity index (χ0n) is 10.2. The lowest BCUT2D eigenvalue weighted by molar-refractivity contribution is 0.415. The van der Waals surface area contributed by atoms with Gasteiger partial charge in [-0.05, 0) is 35.4 Å². The van der Waals surface area contributed by atoms with Gasteiger partial charge in [0.05, 0.1) is 12.1 Å². The molecule has 0 saturated heterocycles. The number of aromatic nitrogens is 1. The Balaban J connectivity index is 1.89. The van der Waals surface area contributed by atoms with E-state index in [9.17, 15) is 0 Å². The fraction of sp³-hybridized carbons (Fsp3) is 0.214. The summed E-state index contributed by atoms with van der Waals surface area (Å²) in [5, 5.41) is 3.99. The average molecular weight is 263 g/mol. The van der Waals surface area contributed by atoms with E-state index in [2.05, 4.69) is 10.3 Å². The molecule has 4 heteroatoms. The second-order valence-corrected chi connectivity index (χ2v) is 4.34. The van der Waals surface area contributed by atoms with Gasteiger partial charge in [-0.15, -0.1) is 0 Å². The van der Waals surface area contributed by atoms with Gasteiger partial charge >= 0.3 is 0 Å². The van der Waals surface area contributed by atoms with E-state index in [1.807, 2.05) is 30.3 Å². The number of nitrogens with zero attached hydrogens (tertiary/aromatic N) is 1. The molecule has 0 aliphatic heterocycles. The minimum absolute atomic E-state index is 0.640. The number of hydrogen-bond donors (Lipinski definition) is 1. The molecular formula is C14H15ClN2O. The molecule has 0 spiro atoms. The van der Waals surface area contributed by atoms with Crippen LogP contribution in [-0.4, -0.2) is 12.1 Å². The van der Waals surface area contributed by atoms with Gasteiger partial charge in [0.2, 0.25) is 0 Å². The van der Waals surface area contributed by atoms with E-state index in [4.69, 9.17) is 16.3 Å². The van der Waals surface area contributed by atoms with Crippen molar-refractivity contribution in [1.82, 2.24) is 10.3 Å². The Morgan fingerprint density at radius 1 is 1.11 bits per heavy atom. The first-order chi connectivity index (χ1) is 8.79. The molecule has 18 heavy (non-hydrogen) atoms. The smallest absolute Gasteiger partial charge is 0.137 e. The fourth-order valence-electron chi connectivity index (χ4n) is 1.67. The van der Waals surface area contributed by atoms with Crippen LogP contribution in [-0.2, 0) is 13.1 Å². The lowest BCUT2D eigenvalue weighted by atomic mass is 10.2. The van der Waals surface area contributed by atoms with Gasteiger partial charge in [-0.25, -0.2) is 0 Å². The lowest BCUT2D eigenvalue weighted by Gasteiger charge is -2.07. The predicted molar refractivity (Wildman–Crippen MR) is 72.8 cm³/mol. The Bertz CT molecular complexity index is 502. The van der Waals surface area contributed by atoms with Crippen LogP contribution in [0.3, 0.4) is 0 Å². The summed E-state index contributed by atoms with van der Waals surface area (Å²) in [5.41, 5.74) is 2.35. The molecule has 2 aromatic rings. The van der Waals surface area contributed by atoms with Crippen LogP contribution >= 0.6 is 11.6 Å². The quantitative estimate of drug-likeness (QED) is 0.899. The molecule has 0 aliphatic carbocycles. The Morgan fingerprint density at radius 2 is 1.83 bits per heavy atom. The third kappa shape index (κ3) is 3.45. The summed E-state index contributed by atoms with van der Waals surface area (Å²) in [7, 11) is 1.61. The second-order valence-electron chi connectivity index (χ2n) is 3.93. The van der Waals surface area contributed by atoms with Crippen LogP contribution in [0.5, 0.6) is 5.75 Å². The Hall–Kier alpha value is -1.58. The van der Waals surface area contributed by atoms with E-state index in [1.165, 1.54) is 5.56 Å². The zero-order valence-corrected chi connectivity index (χ0v) is 10.9. The fourth-order valence-corrected chi connectivity index (χ4v) is 1.95. The van der Waals surface area contributed by atoms with Crippen molar-refractivity contribution in [3.8, 4) is 5.75 Å². The molecule has 0 unspecified atom stereocenters. The molecule has 0 atom stereocenters. The van der Waals surface area contributed by atoms with Crippen LogP contribution in [0.2, 0.25) is 5.02 Å².